The molecule has 0 saturated carbocycles. The molecule has 0 unspecified atom stereocenters. The number of carbonyl (C=O) groups excluding carboxylic acids is 1. The minimum absolute atomic E-state index is 0.0415. The highest BCUT2D eigenvalue weighted by Crippen LogP contribution is 2.34. The van der Waals surface area contributed by atoms with Crippen LogP contribution in [0.1, 0.15) is 16.2 Å². The van der Waals surface area contributed by atoms with E-state index >= 15 is 0 Å². The van der Waals surface area contributed by atoms with Gasteiger partial charge in [-0.1, -0.05) is 0 Å². The number of benzene rings is 2. The fourth-order valence-corrected chi connectivity index (χ4v) is 2.93. The quantitative estimate of drug-likeness (QED) is 0.349. The third kappa shape index (κ3) is 4.81. The van der Waals surface area contributed by atoms with Gasteiger partial charge in [-0.2, -0.15) is 22.0 Å². The van der Waals surface area contributed by atoms with Crippen molar-refractivity contribution >= 4 is 22.6 Å². The molecule has 0 fully saturated rings. The predicted molar refractivity (Wildman–Crippen MR) is 103 cm³/mol. The van der Waals surface area contributed by atoms with Crippen LogP contribution in [0.25, 0.3) is 16.7 Å². The van der Waals surface area contributed by atoms with Crippen LogP contribution in [0.2, 0.25) is 0 Å². The summed E-state index contributed by atoms with van der Waals surface area (Å²) in [7, 11) is 0. The van der Waals surface area contributed by atoms with E-state index in [0.29, 0.717) is 11.8 Å². The lowest BCUT2D eigenvalue weighted by Gasteiger charge is -2.10. The van der Waals surface area contributed by atoms with Crippen molar-refractivity contribution in [2.24, 2.45) is 0 Å². The second kappa shape index (κ2) is 8.33. The maximum atomic E-state index is 13.1. The van der Waals surface area contributed by atoms with E-state index in [4.69, 9.17) is 4.42 Å². The molecule has 13 heteroatoms. The maximum Gasteiger partial charge on any atom is 0.417 e. The van der Waals surface area contributed by atoms with Crippen molar-refractivity contribution < 1.29 is 35.9 Å². The van der Waals surface area contributed by atoms with Gasteiger partial charge in [0.05, 0.1) is 11.3 Å². The zero-order valence-electron chi connectivity index (χ0n) is 16.1. The van der Waals surface area contributed by atoms with Crippen molar-refractivity contribution in [1.82, 2.24) is 14.8 Å². The molecule has 0 aliphatic heterocycles. The van der Waals surface area contributed by atoms with Crippen LogP contribution in [-0.4, -0.2) is 27.3 Å². The number of ether oxygens (including phenoxy) is 1. The number of hydrogen-bond acceptors (Lipinski definition) is 6. The average Bonchev–Trinajstić information content (AvgIpc) is 3.23. The predicted octanol–water partition coefficient (Wildman–Crippen LogP) is 4.25. The number of amides is 1. The van der Waals surface area contributed by atoms with Crippen LogP contribution in [0.5, 0.6) is 5.75 Å². The molecule has 1 amide bonds. The number of hydrogen-bond donors (Lipinski definition) is 1. The normalized spacial score (nSPS) is 11.7. The molecule has 33 heavy (non-hydrogen) atoms. The van der Waals surface area contributed by atoms with Crippen LogP contribution in [0.15, 0.2) is 64.1 Å². The lowest BCUT2D eigenvalue weighted by atomic mass is 10.1. The third-order valence-corrected chi connectivity index (χ3v) is 4.33. The van der Waals surface area contributed by atoms with Crippen molar-refractivity contribution in [3.63, 3.8) is 0 Å². The van der Waals surface area contributed by atoms with Crippen LogP contribution in [0, 0.1) is 0 Å². The zero-order valence-corrected chi connectivity index (χ0v) is 16.1. The summed E-state index contributed by atoms with van der Waals surface area (Å²) in [5, 5.41) is 6.03. The lowest BCUT2D eigenvalue weighted by Crippen LogP contribution is -2.15. The first-order valence-corrected chi connectivity index (χ1v) is 9.03. The summed E-state index contributed by atoms with van der Waals surface area (Å²) < 4.78 is 74.1. The molecule has 0 atom stereocenters. The molecule has 2 heterocycles. The van der Waals surface area contributed by atoms with Gasteiger partial charge in [0.1, 0.15) is 17.7 Å². The summed E-state index contributed by atoms with van der Waals surface area (Å²) in [6.07, 6.45) is -3.56. The minimum atomic E-state index is -4.76. The van der Waals surface area contributed by atoms with Gasteiger partial charge in [0, 0.05) is 23.2 Å². The molecule has 0 spiro atoms. The second-order valence-corrected chi connectivity index (χ2v) is 6.53. The number of anilines is 1. The van der Waals surface area contributed by atoms with Gasteiger partial charge in [-0.15, -0.1) is 5.10 Å². The van der Waals surface area contributed by atoms with Gasteiger partial charge in [-0.3, -0.25) is 4.79 Å². The number of nitrogens with zero attached hydrogens (tertiary/aromatic N) is 3. The van der Waals surface area contributed by atoms with Crippen LogP contribution in [0.4, 0.5) is 27.6 Å². The Morgan fingerprint density at radius 3 is 2.48 bits per heavy atom. The van der Waals surface area contributed by atoms with E-state index in [1.165, 1.54) is 41.3 Å². The smallest absolute Gasteiger partial charge is 0.417 e. The first-order valence-electron chi connectivity index (χ1n) is 9.03. The van der Waals surface area contributed by atoms with E-state index in [2.05, 4.69) is 20.1 Å². The summed E-state index contributed by atoms with van der Waals surface area (Å²) in [4.78, 5) is 27.8. The second-order valence-electron chi connectivity index (χ2n) is 6.53. The molecule has 4 aromatic rings. The van der Waals surface area contributed by atoms with E-state index in [9.17, 15) is 31.5 Å². The Morgan fingerprint density at radius 2 is 1.82 bits per heavy atom. The summed E-state index contributed by atoms with van der Waals surface area (Å²) >= 11 is 0. The topological polar surface area (TPSA) is 99.2 Å². The Kier molecular flexibility index (Phi) is 5.54. The standard InChI is InChI=1S/C20H11F5N4O4/c21-19(22)32-12-4-2-11(3-5-12)29-9-26-17(28-29)18(31)27-10-1-6-13-14(20(23,24)25)8-16(30)33-15(13)7-10/h1-9,19H,(H,27,31). The van der Waals surface area contributed by atoms with Crippen LogP contribution in [0.3, 0.4) is 0 Å². The van der Waals surface area contributed by atoms with E-state index in [0.717, 1.165) is 12.1 Å². The first-order chi connectivity index (χ1) is 15.6. The van der Waals surface area contributed by atoms with Crippen molar-refractivity contribution in [2.75, 3.05) is 5.32 Å². The van der Waals surface area contributed by atoms with Gasteiger partial charge in [-0.05, 0) is 36.4 Å². The fraction of sp³-hybridized carbons (Fsp3) is 0.100. The Hall–Kier alpha value is -4.29. The Balaban J connectivity index is 1.54. The van der Waals surface area contributed by atoms with Gasteiger partial charge < -0.3 is 14.5 Å². The van der Waals surface area contributed by atoms with Gasteiger partial charge >= 0.3 is 18.4 Å². The molecule has 2 aromatic carbocycles. The molecule has 1 N–H and O–H groups in total. The molecule has 2 aromatic heterocycles. The number of nitrogens with one attached hydrogen (secondary N) is 1. The monoisotopic (exact) mass is 466 g/mol. The molecular weight excluding hydrogens is 455 g/mol. The van der Waals surface area contributed by atoms with Crippen molar-refractivity contribution in [2.45, 2.75) is 12.8 Å². The molecule has 170 valence electrons. The van der Waals surface area contributed by atoms with Crippen molar-refractivity contribution in [1.29, 1.82) is 0 Å². The van der Waals surface area contributed by atoms with Gasteiger partial charge in [0.25, 0.3) is 5.91 Å². The molecule has 0 aliphatic rings. The van der Waals surface area contributed by atoms with Crippen LogP contribution >= 0.6 is 0 Å². The van der Waals surface area contributed by atoms with E-state index < -0.39 is 29.9 Å². The highest BCUT2D eigenvalue weighted by Gasteiger charge is 2.33. The third-order valence-electron chi connectivity index (χ3n) is 4.33. The minimum Gasteiger partial charge on any atom is -0.435 e. The number of rotatable bonds is 5. The summed E-state index contributed by atoms with van der Waals surface area (Å²) in [5.74, 6) is -1.14. The number of fused-ring (bicyclic) bond motifs is 1. The van der Waals surface area contributed by atoms with Crippen LogP contribution in [-0.2, 0) is 6.18 Å². The summed E-state index contributed by atoms with van der Waals surface area (Å²) in [6, 6.07) is 9.07. The average molecular weight is 466 g/mol. The Morgan fingerprint density at radius 1 is 1.09 bits per heavy atom. The van der Waals surface area contributed by atoms with Crippen molar-refractivity contribution in [3.05, 3.63) is 76.7 Å². The molecule has 4 rings (SSSR count). The van der Waals surface area contributed by atoms with E-state index in [1.54, 1.807) is 0 Å². The maximum absolute atomic E-state index is 13.1. The molecule has 0 radical (unpaired) electrons. The van der Waals surface area contributed by atoms with Crippen molar-refractivity contribution in [3.8, 4) is 11.4 Å². The largest absolute Gasteiger partial charge is 0.435 e. The Labute approximate surface area is 180 Å². The summed E-state index contributed by atoms with van der Waals surface area (Å²) in [5.41, 5.74) is -2.27. The van der Waals surface area contributed by atoms with Gasteiger partial charge in [0.15, 0.2) is 0 Å². The highest BCUT2D eigenvalue weighted by molar-refractivity contribution is 6.02. The van der Waals surface area contributed by atoms with Crippen LogP contribution < -0.4 is 15.7 Å². The molecule has 8 nitrogen and oxygen atoms in total. The number of halogens is 5. The lowest BCUT2D eigenvalue weighted by molar-refractivity contribution is -0.136. The highest BCUT2D eigenvalue weighted by atomic mass is 19.4. The fourth-order valence-electron chi connectivity index (χ4n) is 2.93. The van der Waals surface area contributed by atoms with Gasteiger partial charge in [0.2, 0.25) is 5.82 Å². The number of carbonyl (C=O) groups is 1. The molecule has 0 aliphatic carbocycles. The Bertz CT molecular complexity index is 1380. The summed E-state index contributed by atoms with van der Waals surface area (Å²) in [6.45, 7) is -2.97. The van der Waals surface area contributed by atoms with Gasteiger partial charge in [-0.25, -0.2) is 14.5 Å². The van der Waals surface area contributed by atoms with E-state index in [1.807, 2.05) is 0 Å². The van der Waals surface area contributed by atoms with E-state index in [-0.39, 0.29) is 28.2 Å². The molecular formula is C20H11F5N4O4. The molecule has 0 bridgehead atoms. The zero-order chi connectivity index (χ0) is 23.8. The number of alkyl halides is 5. The first kappa shape index (κ1) is 21.9. The SMILES string of the molecule is O=C(Nc1ccc2c(C(F)(F)F)cc(=O)oc2c1)c1ncn(-c2ccc(OC(F)F)cc2)n1. The molecule has 0 saturated heterocycles. The number of aromatic nitrogens is 3.